The van der Waals surface area contributed by atoms with Crippen molar-refractivity contribution in [2.45, 2.75) is 15.7 Å². The summed E-state index contributed by atoms with van der Waals surface area (Å²) in [5.74, 6) is -0.560. The van der Waals surface area contributed by atoms with E-state index in [1.807, 2.05) is 0 Å². The summed E-state index contributed by atoms with van der Waals surface area (Å²) in [6.45, 7) is -0.148. The summed E-state index contributed by atoms with van der Waals surface area (Å²) in [5, 5.41) is 13.9. The molecule has 0 aliphatic heterocycles. The Balaban J connectivity index is 1.88. The van der Waals surface area contributed by atoms with Gasteiger partial charge in [-0.15, -0.1) is 10.2 Å². The average Bonchev–Trinajstić information content (AvgIpc) is 2.96. The molecule has 4 N–H and O–H groups in total. The van der Waals surface area contributed by atoms with Crippen LogP contribution in [-0.2, 0) is 24.8 Å². The summed E-state index contributed by atoms with van der Waals surface area (Å²) in [6.07, 6.45) is -0.181. The standard InChI is InChI=1S/C11H12BrN5O5S3/c12-7-1-3-8(4-2-7)25(21,22)14-6-5-9(18)15-10-16-17-11(23-10)24(13,19)20/h1-4,14H,5-6H2,(H2,13,19,20)(H,15,16,18). The number of carbonyl (C=O) groups is 1. The van der Waals surface area contributed by atoms with E-state index in [-0.39, 0.29) is 23.0 Å². The first-order valence-electron chi connectivity index (χ1n) is 6.49. The number of primary sulfonamides is 1. The maximum atomic E-state index is 12.0. The summed E-state index contributed by atoms with van der Waals surface area (Å²) in [4.78, 5) is 11.8. The number of rotatable bonds is 7. The summed E-state index contributed by atoms with van der Waals surface area (Å²) >= 11 is 3.80. The summed E-state index contributed by atoms with van der Waals surface area (Å²) in [5.41, 5.74) is 0. The van der Waals surface area contributed by atoms with Crippen molar-refractivity contribution in [1.29, 1.82) is 0 Å². The fraction of sp³-hybridized carbons (Fsp3) is 0.182. The Morgan fingerprint density at radius 2 is 1.80 bits per heavy atom. The average molecular weight is 470 g/mol. The van der Waals surface area contributed by atoms with Crippen molar-refractivity contribution < 1.29 is 21.6 Å². The van der Waals surface area contributed by atoms with E-state index >= 15 is 0 Å². The van der Waals surface area contributed by atoms with Crippen LogP contribution in [0.3, 0.4) is 0 Å². The molecule has 0 unspecified atom stereocenters. The Labute approximate surface area is 156 Å². The molecule has 1 aromatic heterocycles. The molecular formula is C11H12BrN5O5S3. The van der Waals surface area contributed by atoms with E-state index in [1.165, 1.54) is 12.1 Å². The third-order valence-electron chi connectivity index (χ3n) is 2.66. The molecule has 0 saturated carbocycles. The molecule has 14 heteroatoms. The van der Waals surface area contributed by atoms with Gasteiger partial charge in [-0.3, -0.25) is 4.79 Å². The fourth-order valence-corrected chi connectivity index (χ4v) is 4.20. The summed E-state index contributed by atoms with van der Waals surface area (Å²) in [7, 11) is -7.72. The first kappa shape index (κ1) is 19.9. The van der Waals surface area contributed by atoms with Crippen molar-refractivity contribution in [2.75, 3.05) is 11.9 Å². The summed E-state index contributed by atoms with van der Waals surface area (Å²) in [6, 6.07) is 6.00. The zero-order valence-electron chi connectivity index (χ0n) is 12.3. The number of halogens is 1. The smallest absolute Gasteiger partial charge is 0.267 e. The molecule has 0 saturated heterocycles. The van der Waals surface area contributed by atoms with Crippen LogP contribution in [0.1, 0.15) is 6.42 Å². The topological polar surface area (TPSA) is 161 Å². The van der Waals surface area contributed by atoms with Crippen LogP contribution in [0.2, 0.25) is 0 Å². The highest BCUT2D eigenvalue weighted by Gasteiger charge is 2.17. The number of hydrogen-bond donors (Lipinski definition) is 3. The van der Waals surface area contributed by atoms with Crippen LogP contribution in [-0.4, -0.2) is 39.5 Å². The first-order valence-corrected chi connectivity index (χ1v) is 11.1. The maximum absolute atomic E-state index is 12.0. The van der Waals surface area contributed by atoms with Crippen molar-refractivity contribution in [1.82, 2.24) is 14.9 Å². The Kier molecular flexibility index (Phi) is 6.23. The highest BCUT2D eigenvalue weighted by molar-refractivity contribution is 9.10. The van der Waals surface area contributed by atoms with Crippen LogP contribution >= 0.6 is 27.3 Å². The number of nitrogens with one attached hydrogen (secondary N) is 2. The minimum absolute atomic E-state index is 0.0511. The van der Waals surface area contributed by atoms with Gasteiger partial charge in [-0.05, 0) is 24.3 Å². The second-order valence-electron chi connectivity index (χ2n) is 4.57. The van der Waals surface area contributed by atoms with Gasteiger partial charge in [0, 0.05) is 17.4 Å². The van der Waals surface area contributed by atoms with E-state index in [1.54, 1.807) is 12.1 Å². The lowest BCUT2D eigenvalue weighted by molar-refractivity contribution is -0.116. The maximum Gasteiger partial charge on any atom is 0.267 e. The Morgan fingerprint density at radius 3 is 2.36 bits per heavy atom. The molecule has 1 amide bonds. The van der Waals surface area contributed by atoms with Crippen LogP contribution in [0, 0.1) is 0 Å². The van der Waals surface area contributed by atoms with Gasteiger partial charge < -0.3 is 5.32 Å². The number of nitrogens with zero attached hydrogens (tertiary/aromatic N) is 2. The fourth-order valence-electron chi connectivity index (χ4n) is 1.55. The molecule has 2 aromatic rings. The van der Waals surface area contributed by atoms with Gasteiger partial charge in [0.25, 0.3) is 10.0 Å². The van der Waals surface area contributed by atoms with E-state index in [0.29, 0.717) is 11.3 Å². The molecule has 0 fully saturated rings. The number of nitrogens with two attached hydrogens (primary N) is 1. The minimum atomic E-state index is -3.99. The van der Waals surface area contributed by atoms with E-state index in [0.717, 1.165) is 4.47 Å². The number of hydrogen-bond acceptors (Lipinski definition) is 8. The molecule has 0 aliphatic rings. The van der Waals surface area contributed by atoms with Crippen molar-refractivity contribution in [2.24, 2.45) is 5.14 Å². The minimum Gasteiger partial charge on any atom is -0.300 e. The number of amides is 1. The molecule has 136 valence electrons. The number of sulfonamides is 2. The SMILES string of the molecule is NS(=O)(=O)c1nnc(NC(=O)CCNS(=O)(=O)c2ccc(Br)cc2)s1. The largest absolute Gasteiger partial charge is 0.300 e. The van der Waals surface area contributed by atoms with Gasteiger partial charge in [-0.25, -0.2) is 26.7 Å². The zero-order valence-corrected chi connectivity index (χ0v) is 16.4. The normalized spacial score (nSPS) is 12.1. The molecular weight excluding hydrogens is 458 g/mol. The highest BCUT2D eigenvalue weighted by Crippen LogP contribution is 2.18. The molecule has 0 spiro atoms. The highest BCUT2D eigenvalue weighted by atomic mass is 79.9. The van der Waals surface area contributed by atoms with Gasteiger partial charge in [-0.1, -0.05) is 27.3 Å². The second-order valence-corrected chi connectivity index (χ2v) is 9.96. The van der Waals surface area contributed by atoms with Crippen molar-refractivity contribution in [3.63, 3.8) is 0 Å². The van der Waals surface area contributed by atoms with Crippen LogP contribution in [0.5, 0.6) is 0 Å². The van der Waals surface area contributed by atoms with Crippen molar-refractivity contribution in [3.8, 4) is 0 Å². The quantitative estimate of drug-likeness (QED) is 0.489. The lowest BCUT2D eigenvalue weighted by Crippen LogP contribution is -2.27. The molecule has 10 nitrogen and oxygen atoms in total. The van der Waals surface area contributed by atoms with E-state index in [9.17, 15) is 21.6 Å². The Bertz CT molecular complexity index is 972. The van der Waals surface area contributed by atoms with Gasteiger partial charge >= 0.3 is 0 Å². The van der Waals surface area contributed by atoms with E-state index < -0.39 is 30.3 Å². The predicted molar refractivity (Wildman–Crippen MR) is 93.9 cm³/mol. The molecule has 0 atom stereocenters. The lowest BCUT2D eigenvalue weighted by atomic mass is 10.4. The molecule has 0 bridgehead atoms. The molecule has 25 heavy (non-hydrogen) atoms. The Hall–Kier alpha value is -1.45. The van der Waals surface area contributed by atoms with Gasteiger partial charge in [-0.2, -0.15) is 0 Å². The van der Waals surface area contributed by atoms with Gasteiger partial charge in [0.05, 0.1) is 4.90 Å². The van der Waals surface area contributed by atoms with E-state index in [2.05, 4.69) is 36.2 Å². The van der Waals surface area contributed by atoms with Crippen LogP contribution in [0.4, 0.5) is 5.13 Å². The zero-order chi connectivity index (χ0) is 18.7. The Morgan fingerprint density at radius 1 is 1.16 bits per heavy atom. The van der Waals surface area contributed by atoms with E-state index in [4.69, 9.17) is 5.14 Å². The number of aromatic nitrogens is 2. The second kappa shape index (κ2) is 7.84. The number of anilines is 1. The van der Waals surface area contributed by atoms with Crippen molar-refractivity contribution in [3.05, 3.63) is 28.7 Å². The van der Waals surface area contributed by atoms with Gasteiger partial charge in [0.15, 0.2) is 0 Å². The first-order chi connectivity index (χ1) is 11.6. The molecule has 0 radical (unpaired) electrons. The number of carbonyl (C=O) groups excluding carboxylic acids is 1. The molecule has 2 rings (SSSR count). The van der Waals surface area contributed by atoms with Gasteiger partial charge in [0.2, 0.25) is 25.4 Å². The monoisotopic (exact) mass is 469 g/mol. The predicted octanol–water partition coefficient (Wildman–Crippen LogP) is 0.255. The van der Waals surface area contributed by atoms with Crippen LogP contribution in [0.15, 0.2) is 38.0 Å². The van der Waals surface area contributed by atoms with Crippen LogP contribution in [0.25, 0.3) is 0 Å². The number of benzene rings is 1. The summed E-state index contributed by atoms with van der Waals surface area (Å²) < 4.78 is 48.8. The third-order valence-corrected chi connectivity index (χ3v) is 6.82. The van der Waals surface area contributed by atoms with Crippen LogP contribution < -0.4 is 15.2 Å². The lowest BCUT2D eigenvalue weighted by Gasteiger charge is -2.06. The van der Waals surface area contributed by atoms with Crippen molar-refractivity contribution >= 4 is 58.4 Å². The molecule has 1 aromatic carbocycles. The van der Waals surface area contributed by atoms with Gasteiger partial charge in [0.1, 0.15) is 0 Å². The molecule has 0 aliphatic carbocycles. The third kappa shape index (κ3) is 5.79. The molecule has 1 heterocycles.